The van der Waals surface area contributed by atoms with Gasteiger partial charge in [-0.25, -0.2) is 9.78 Å². The van der Waals surface area contributed by atoms with Crippen LogP contribution in [-0.2, 0) is 11.2 Å². The largest absolute Gasteiger partial charge is 0.461 e. The summed E-state index contributed by atoms with van der Waals surface area (Å²) in [7, 11) is 0. The van der Waals surface area contributed by atoms with Gasteiger partial charge in [0, 0.05) is 18.4 Å². The Balaban J connectivity index is 1.67. The number of aromatic nitrogens is 2. The molecule has 7 heteroatoms. The fourth-order valence-electron chi connectivity index (χ4n) is 3.45. The highest BCUT2D eigenvalue weighted by Crippen LogP contribution is 2.18. The van der Waals surface area contributed by atoms with Crippen LogP contribution in [0, 0.1) is 6.92 Å². The van der Waals surface area contributed by atoms with Crippen molar-refractivity contribution >= 4 is 23.2 Å². The third kappa shape index (κ3) is 5.30. The highest BCUT2D eigenvalue weighted by Gasteiger charge is 2.18. The molecule has 0 fully saturated rings. The summed E-state index contributed by atoms with van der Waals surface area (Å²) in [5, 5.41) is 2.91. The molecule has 0 spiro atoms. The maximum Gasteiger partial charge on any atom is 0.338 e. The van der Waals surface area contributed by atoms with Gasteiger partial charge in [0.05, 0.1) is 11.3 Å². The van der Waals surface area contributed by atoms with Gasteiger partial charge in [0.1, 0.15) is 17.9 Å². The van der Waals surface area contributed by atoms with Gasteiger partial charge in [-0.1, -0.05) is 20.8 Å². The van der Waals surface area contributed by atoms with Gasteiger partial charge in [-0.2, -0.15) is 0 Å². The Morgan fingerprint density at radius 3 is 2.45 bits per heavy atom. The SMILES string of the molecule is CCc1nc2cc(C)ccn2c1C(=O)Nc1ccc(C(=O)OCCN(CC)CC)cc1. The summed E-state index contributed by atoms with van der Waals surface area (Å²) in [5.41, 5.74) is 4.18. The number of esters is 1. The number of hydrogen-bond donors (Lipinski definition) is 1. The second-order valence-electron chi connectivity index (χ2n) is 7.39. The Hall–Kier alpha value is -3.19. The number of aryl methyl sites for hydroxylation is 2. The number of anilines is 1. The van der Waals surface area contributed by atoms with Gasteiger partial charge in [-0.3, -0.25) is 9.20 Å². The summed E-state index contributed by atoms with van der Waals surface area (Å²) in [6, 6.07) is 10.6. The number of ether oxygens (including phenoxy) is 1. The van der Waals surface area contributed by atoms with E-state index in [9.17, 15) is 9.59 Å². The molecule has 164 valence electrons. The number of nitrogens with one attached hydrogen (secondary N) is 1. The third-order valence-electron chi connectivity index (χ3n) is 5.32. The second kappa shape index (κ2) is 10.2. The Morgan fingerprint density at radius 1 is 1.10 bits per heavy atom. The minimum Gasteiger partial charge on any atom is -0.461 e. The van der Waals surface area contributed by atoms with Crippen LogP contribution in [0.4, 0.5) is 5.69 Å². The van der Waals surface area contributed by atoms with E-state index in [0.717, 1.165) is 30.0 Å². The van der Waals surface area contributed by atoms with Crippen LogP contribution in [0.1, 0.15) is 52.9 Å². The topological polar surface area (TPSA) is 75.9 Å². The zero-order chi connectivity index (χ0) is 22.4. The molecule has 3 rings (SSSR count). The molecule has 1 aromatic carbocycles. The van der Waals surface area contributed by atoms with E-state index in [1.165, 1.54) is 0 Å². The molecule has 3 aromatic rings. The maximum absolute atomic E-state index is 13.0. The van der Waals surface area contributed by atoms with Gasteiger partial charge < -0.3 is 15.0 Å². The molecule has 0 bridgehead atoms. The molecule has 0 aliphatic carbocycles. The van der Waals surface area contributed by atoms with Gasteiger partial charge in [0.2, 0.25) is 0 Å². The van der Waals surface area contributed by atoms with Crippen LogP contribution >= 0.6 is 0 Å². The standard InChI is InChI=1S/C24H30N4O3/c1-5-20-22(28-13-12-17(4)16-21(28)26-20)23(29)25-19-10-8-18(9-11-19)24(30)31-15-14-27(6-2)7-3/h8-13,16H,5-7,14-15H2,1-4H3,(H,25,29). The summed E-state index contributed by atoms with van der Waals surface area (Å²) >= 11 is 0. The van der Waals surface area contributed by atoms with E-state index >= 15 is 0 Å². The zero-order valence-corrected chi connectivity index (χ0v) is 18.6. The van der Waals surface area contributed by atoms with Gasteiger partial charge in [0.25, 0.3) is 5.91 Å². The van der Waals surface area contributed by atoms with E-state index in [1.807, 2.05) is 36.6 Å². The predicted octanol–water partition coefficient (Wildman–Crippen LogP) is 3.96. The number of rotatable bonds is 9. The Labute approximate surface area is 183 Å². The molecule has 2 heterocycles. The molecule has 2 aromatic heterocycles. The molecule has 0 atom stereocenters. The Morgan fingerprint density at radius 2 is 1.81 bits per heavy atom. The summed E-state index contributed by atoms with van der Waals surface area (Å²) in [5.74, 6) is -0.599. The average Bonchev–Trinajstić information content (AvgIpc) is 3.14. The molecule has 0 aliphatic heterocycles. The number of carbonyl (C=O) groups is 2. The number of nitrogens with zero attached hydrogens (tertiary/aromatic N) is 3. The van der Waals surface area contributed by atoms with Crippen LogP contribution in [0.3, 0.4) is 0 Å². The average molecular weight is 423 g/mol. The van der Waals surface area contributed by atoms with E-state index < -0.39 is 0 Å². The number of benzene rings is 1. The van der Waals surface area contributed by atoms with Crippen molar-refractivity contribution in [1.82, 2.24) is 14.3 Å². The molecule has 1 amide bonds. The lowest BCUT2D eigenvalue weighted by Crippen LogP contribution is -2.27. The first kappa shape index (κ1) is 22.5. The van der Waals surface area contributed by atoms with E-state index in [1.54, 1.807) is 24.3 Å². The summed E-state index contributed by atoms with van der Waals surface area (Å²) in [6.07, 6.45) is 2.52. The van der Waals surface area contributed by atoms with Crippen molar-refractivity contribution in [3.63, 3.8) is 0 Å². The number of fused-ring (bicyclic) bond motifs is 1. The molecule has 0 radical (unpaired) electrons. The number of imidazole rings is 1. The van der Waals surface area contributed by atoms with Crippen molar-refractivity contribution in [2.75, 3.05) is 31.6 Å². The summed E-state index contributed by atoms with van der Waals surface area (Å²) in [4.78, 5) is 32.0. The van der Waals surface area contributed by atoms with Crippen molar-refractivity contribution in [2.24, 2.45) is 0 Å². The van der Waals surface area contributed by atoms with E-state index in [0.29, 0.717) is 36.5 Å². The summed E-state index contributed by atoms with van der Waals surface area (Å²) < 4.78 is 7.16. The van der Waals surface area contributed by atoms with Gasteiger partial charge in [0.15, 0.2) is 0 Å². The van der Waals surface area contributed by atoms with Crippen molar-refractivity contribution in [2.45, 2.75) is 34.1 Å². The van der Waals surface area contributed by atoms with Crippen LogP contribution in [0.25, 0.3) is 5.65 Å². The Bertz CT molecular complexity index is 1050. The minimum absolute atomic E-state index is 0.234. The second-order valence-corrected chi connectivity index (χ2v) is 7.39. The van der Waals surface area contributed by atoms with Crippen molar-refractivity contribution in [3.05, 3.63) is 65.1 Å². The number of pyridine rings is 1. The quantitative estimate of drug-likeness (QED) is 0.529. The zero-order valence-electron chi connectivity index (χ0n) is 18.6. The van der Waals surface area contributed by atoms with Crippen LogP contribution < -0.4 is 5.32 Å². The first-order valence-electron chi connectivity index (χ1n) is 10.7. The maximum atomic E-state index is 13.0. The molecule has 0 unspecified atom stereocenters. The van der Waals surface area contributed by atoms with Gasteiger partial charge in [-0.05, 0) is 68.4 Å². The molecule has 0 saturated carbocycles. The molecular formula is C24H30N4O3. The van der Waals surface area contributed by atoms with Crippen LogP contribution in [0.2, 0.25) is 0 Å². The fourth-order valence-corrected chi connectivity index (χ4v) is 3.45. The van der Waals surface area contributed by atoms with E-state index in [4.69, 9.17) is 4.74 Å². The monoisotopic (exact) mass is 422 g/mol. The molecule has 7 nitrogen and oxygen atoms in total. The van der Waals surface area contributed by atoms with E-state index in [2.05, 4.69) is 29.0 Å². The molecule has 0 saturated heterocycles. The number of amides is 1. The van der Waals surface area contributed by atoms with Crippen molar-refractivity contribution in [1.29, 1.82) is 0 Å². The first-order chi connectivity index (χ1) is 15.0. The van der Waals surface area contributed by atoms with E-state index in [-0.39, 0.29) is 11.9 Å². The fraction of sp³-hybridized carbons (Fsp3) is 0.375. The lowest BCUT2D eigenvalue weighted by atomic mass is 10.2. The number of hydrogen-bond acceptors (Lipinski definition) is 5. The van der Waals surface area contributed by atoms with Crippen molar-refractivity contribution < 1.29 is 14.3 Å². The van der Waals surface area contributed by atoms with Crippen LogP contribution in [-0.4, -0.2) is 52.4 Å². The summed E-state index contributed by atoms with van der Waals surface area (Å²) in [6.45, 7) is 11.0. The lowest BCUT2D eigenvalue weighted by molar-refractivity contribution is 0.0466. The Kier molecular flexibility index (Phi) is 7.41. The highest BCUT2D eigenvalue weighted by atomic mass is 16.5. The van der Waals surface area contributed by atoms with Gasteiger partial charge >= 0.3 is 5.97 Å². The van der Waals surface area contributed by atoms with Crippen LogP contribution in [0.15, 0.2) is 42.6 Å². The van der Waals surface area contributed by atoms with Crippen molar-refractivity contribution in [3.8, 4) is 0 Å². The van der Waals surface area contributed by atoms with Crippen LogP contribution in [0.5, 0.6) is 0 Å². The highest BCUT2D eigenvalue weighted by molar-refractivity contribution is 6.04. The first-order valence-corrected chi connectivity index (χ1v) is 10.7. The lowest BCUT2D eigenvalue weighted by Gasteiger charge is -2.17. The minimum atomic E-state index is -0.365. The van der Waals surface area contributed by atoms with Gasteiger partial charge in [-0.15, -0.1) is 0 Å². The number of carbonyl (C=O) groups excluding carboxylic acids is 2. The molecule has 1 N–H and O–H groups in total. The number of likely N-dealkylation sites (N-methyl/N-ethyl adjacent to an activating group) is 1. The smallest absolute Gasteiger partial charge is 0.338 e. The normalized spacial score (nSPS) is 11.1. The third-order valence-corrected chi connectivity index (χ3v) is 5.32. The molecule has 31 heavy (non-hydrogen) atoms. The molecular weight excluding hydrogens is 392 g/mol. The predicted molar refractivity (Wildman–Crippen MR) is 122 cm³/mol. The molecule has 0 aliphatic rings.